The zero-order valence-corrected chi connectivity index (χ0v) is 27.7. The molecule has 0 saturated heterocycles. The van der Waals surface area contributed by atoms with Gasteiger partial charge in [-0.2, -0.15) is 0 Å². The molecule has 0 bridgehead atoms. The lowest BCUT2D eigenvalue weighted by Crippen LogP contribution is -2.54. The van der Waals surface area contributed by atoms with Gasteiger partial charge in [0.05, 0.1) is 0 Å². The zero-order valence-electron chi connectivity index (χ0n) is 24.7. The third-order valence-electron chi connectivity index (χ3n) is 7.21. The van der Waals surface area contributed by atoms with E-state index >= 15 is 0 Å². The van der Waals surface area contributed by atoms with Crippen LogP contribution in [0.15, 0.2) is 72.8 Å². The van der Waals surface area contributed by atoms with Crippen LogP contribution in [0, 0.1) is 0 Å². The van der Waals surface area contributed by atoms with Gasteiger partial charge >= 0.3 is 26.4 Å². The summed E-state index contributed by atoms with van der Waals surface area (Å²) in [5.41, 5.74) is 3.24. The maximum atomic E-state index is 5.68. The first-order valence-electron chi connectivity index (χ1n) is 12.6. The highest BCUT2D eigenvalue weighted by Crippen LogP contribution is 2.32. The molecule has 0 aromatic heterocycles. The average Bonchev–Trinajstić information content (AvgIpc) is 3.03. The van der Waals surface area contributed by atoms with Gasteiger partial charge in [0.25, 0.3) is 0 Å². The van der Waals surface area contributed by atoms with E-state index in [9.17, 15) is 0 Å². The molecule has 0 aliphatic heterocycles. The summed E-state index contributed by atoms with van der Waals surface area (Å²) in [6.45, 7) is 0. The van der Waals surface area contributed by atoms with Crippen LogP contribution >= 0.6 is 0 Å². The number of hydrogen-bond acceptors (Lipinski definition) is 9. The van der Waals surface area contributed by atoms with E-state index in [0.717, 1.165) is 32.3 Å². The fourth-order valence-corrected chi connectivity index (χ4v) is 10.4. The molecule has 0 atom stereocenters. The Labute approximate surface area is 240 Å². The Balaban J connectivity index is 2.12. The van der Waals surface area contributed by atoms with Crippen LogP contribution < -0.4 is 15.6 Å². The Morgan fingerprint density at radius 1 is 0.325 bits per heavy atom. The number of benzene rings is 3. The number of rotatable bonds is 15. The largest absolute Gasteiger partial charge is 0.536 e. The van der Waals surface area contributed by atoms with Gasteiger partial charge < -0.3 is 39.8 Å². The molecule has 0 radical (unpaired) electrons. The Kier molecular flexibility index (Phi) is 11.5. The molecule has 9 nitrogen and oxygen atoms in total. The first kappa shape index (κ1) is 32.5. The van der Waals surface area contributed by atoms with Crippen LogP contribution in [0.4, 0.5) is 0 Å². The highest BCUT2D eigenvalue weighted by molar-refractivity contribution is 6.76. The third-order valence-corrected chi connectivity index (χ3v) is 15.2. The lowest BCUT2D eigenvalue weighted by atomic mass is 9.85. The minimum absolute atomic E-state index is 0.0896. The minimum atomic E-state index is -2.97. The lowest BCUT2D eigenvalue weighted by molar-refractivity contribution is 0.140. The molecular formula is C28H40O9Si3. The Morgan fingerprint density at radius 3 is 0.650 bits per heavy atom. The summed E-state index contributed by atoms with van der Waals surface area (Å²) in [6.07, 6.45) is 0. The van der Waals surface area contributed by atoms with E-state index in [-0.39, 0.29) is 5.92 Å². The number of hydrogen-bond donors (Lipinski definition) is 0. The molecule has 40 heavy (non-hydrogen) atoms. The van der Waals surface area contributed by atoms with Gasteiger partial charge in [0.1, 0.15) is 0 Å². The summed E-state index contributed by atoms with van der Waals surface area (Å²) in [5, 5.41) is 2.63. The summed E-state index contributed by atoms with van der Waals surface area (Å²) in [4.78, 5) is 0. The van der Waals surface area contributed by atoms with Crippen LogP contribution in [-0.4, -0.2) is 90.4 Å². The summed E-state index contributed by atoms with van der Waals surface area (Å²) >= 11 is 0. The molecule has 3 aromatic carbocycles. The predicted molar refractivity (Wildman–Crippen MR) is 160 cm³/mol. The van der Waals surface area contributed by atoms with Crippen LogP contribution in [0.5, 0.6) is 0 Å². The molecular weight excluding hydrogens is 565 g/mol. The van der Waals surface area contributed by atoms with Crippen molar-refractivity contribution in [1.29, 1.82) is 0 Å². The van der Waals surface area contributed by atoms with Crippen LogP contribution in [-0.2, 0) is 39.8 Å². The molecule has 0 spiro atoms. The van der Waals surface area contributed by atoms with Gasteiger partial charge in [0.2, 0.25) is 0 Å². The van der Waals surface area contributed by atoms with Crippen molar-refractivity contribution in [2.75, 3.05) is 64.0 Å². The molecule has 0 unspecified atom stereocenters. The molecule has 0 amide bonds. The quantitative estimate of drug-likeness (QED) is 0.191. The van der Waals surface area contributed by atoms with Gasteiger partial charge in [0.15, 0.2) is 0 Å². The average molecular weight is 605 g/mol. The van der Waals surface area contributed by atoms with Crippen molar-refractivity contribution in [2.45, 2.75) is 5.92 Å². The van der Waals surface area contributed by atoms with Crippen LogP contribution in [0.25, 0.3) is 0 Å². The Hall–Kier alpha value is -2.05. The standard InChI is InChI=1S/C28H40O9Si3/c1-29-38(30-2,31-3)25-16-10-22(11-17-25)28(23-12-18-26(19-13-23)39(32-4,33-5)34-6)24-14-20-27(21-15-24)40(35-7,36-8)37-9/h10-21,28H,1-9H3. The maximum absolute atomic E-state index is 5.68. The van der Waals surface area contributed by atoms with Gasteiger partial charge in [-0.05, 0) is 16.7 Å². The first-order chi connectivity index (χ1) is 19.3. The summed E-state index contributed by atoms with van der Waals surface area (Å²) in [7, 11) is 5.53. The predicted octanol–water partition coefficient (Wildman–Crippen LogP) is 2.12. The van der Waals surface area contributed by atoms with Gasteiger partial charge in [0, 0.05) is 85.5 Å². The molecule has 218 valence electrons. The van der Waals surface area contributed by atoms with Gasteiger partial charge in [-0.25, -0.2) is 0 Å². The molecule has 0 fully saturated rings. The van der Waals surface area contributed by atoms with Crippen LogP contribution in [0.1, 0.15) is 22.6 Å². The fraction of sp³-hybridized carbons (Fsp3) is 0.357. The van der Waals surface area contributed by atoms with Gasteiger partial charge in [-0.1, -0.05) is 72.8 Å². The van der Waals surface area contributed by atoms with Crippen molar-refractivity contribution in [3.63, 3.8) is 0 Å². The van der Waals surface area contributed by atoms with E-state index in [1.165, 1.54) is 0 Å². The highest BCUT2D eigenvalue weighted by Gasteiger charge is 2.43. The molecule has 3 aromatic rings. The van der Waals surface area contributed by atoms with Gasteiger partial charge in [-0.3, -0.25) is 0 Å². The van der Waals surface area contributed by atoms with Crippen molar-refractivity contribution in [3.05, 3.63) is 89.5 Å². The maximum Gasteiger partial charge on any atom is 0.536 e. The van der Waals surface area contributed by atoms with Crippen molar-refractivity contribution in [3.8, 4) is 0 Å². The van der Waals surface area contributed by atoms with E-state index in [1.807, 2.05) is 36.4 Å². The van der Waals surface area contributed by atoms with E-state index in [0.29, 0.717) is 0 Å². The van der Waals surface area contributed by atoms with E-state index in [1.54, 1.807) is 64.0 Å². The minimum Gasteiger partial charge on any atom is -0.373 e. The van der Waals surface area contributed by atoms with Crippen molar-refractivity contribution in [2.24, 2.45) is 0 Å². The van der Waals surface area contributed by atoms with Crippen molar-refractivity contribution < 1.29 is 39.8 Å². The summed E-state index contributed by atoms with van der Waals surface area (Å²) < 4.78 is 51.1. The molecule has 0 aliphatic carbocycles. The monoisotopic (exact) mass is 604 g/mol. The van der Waals surface area contributed by atoms with Crippen molar-refractivity contribution in [1.82, 2.24) is 0 Å². The highest BCUT2D eigenvalue weighted by atomic mass is 28.4. The second kappa shape index (κ2) is 14.2. The SMILES string of the molecule is CO[Si](OC)(OC)c1ccc(C(c2ccc([Si](OC)(OC)OC)cc2)c2ccc([Si](OC)(OC)OC)cc2)cc1. The van der Waals surface area contributed by atoms with E-state index in [4.69, 9.17) is 39.8 Å². The third kappa shape index (κ3) is 6.09. The zero-order chi connectivity index (χ0) is 29.4. The second-order valence-electron chi connectivity index (χ2n) is 8.80. The van der Waals surface area contributed by atoms with Gasteiger partial charge in [-0.15, -0.1) is 0 Å². The van der Waals surface area contributed by atoms with E-state index in [2.05, 4.69) is 36.4 Å². The smallest absolute Gasteiger partial charge is 0.373 e. The molecule has 0 heterocycles. The topological polar surface area (TPSA) is 83.1 Å². The van der Waals surface area contributed by atoms with Crippen molar-refractivity contribution >= 4 is 42.0 Å². The van der Waals surface area contributed by atoms with Crippen LogP contribution in [0.2, 0.25) is 0 Å². The molecule has 0 N–H and O–H groups in total. The Morgan fingerprint density at radius 2 is 0.500 bits per heavy atom. The molecule has 3 rings (SSSR count). The molecule has 12 heteroatoms. The van der Waals surface area contributed by atoms with Crippen LogP contribution in [0.3, 0.4) is 0 Å². The molecule has 0 aliphatic rings. The second-order valence-corrected chi connectivity index (χ2v) is 17.5. The first-order valence-corrected chi connectivity index (χ1v) is 17.8. The lowest BCUT2D eigenvalue weighted by Gasteiger charge is -2.27. The fourth-order valence-electron chi connectivity index (χ4n) is 5.03. The van der Waals surface area contributed by atoms with E-state index < -0.39 is 26.4 Å². The molecule has 0 saturated carbocycles. The summed E-state index contributed by atoms with van der Waals surface area (Å²) in [6, 6.07) is 24.5. The normalized spacial score (nSPS) is 12.8. The Bertz CT molecular complexity index is 1000. The summed E-state index contributed by atoms with van der Waals surface area (Å²) in [5.74, 6) is -0.0896.